The number of carbonyl (C=O) groups is 2. The third-order valence-electron chi connectivity index (χ3n) is 15.8. The van der Waals surface area contributed by atoms with Crippen LogP contribution in [0.4, 0.5) is 0 Å². The molecule has 2 atom stereocenters. The van der Waals surface area contributed by atoms with Crippen LogP contribution in [-0.4, -0.2) is 47.4 Å². The molecule has 0 aromatic rings. The number of ether oxygens (including phenoxy) is 1. The molecular weight excluding hydrogens is 911 g/mol. The maximum absolute atomic E-state index is 12.5. The predicted molar refractivity (Wildman–Crippen MR) is 324 cm³/mol. The van der Waals surface area contributed by atoms with E-state index < -0.39 is 12.1 Å². The fourth-order valence-corrected chi connectivity index (χ4v) is 10.6. The summed E-state index contributed by atoms with van der Waals surface area (Å²) < 4.78 is 5.48. The third kappa shape index (κ3) is 59.6. The summed E-state index contributed by atoms with van der Waals surface area (Å²) in [6.45, 7) is 4.94. The number of hydrogen-bond acceptors (Lipinski definition) is 5. The van der Waals surface area contributed by atoms with Crippen LogP contribution < -0.4 is 5.32 Å². The number of rotatable bonds is 63. The van der Waals surface area contributed by atoms with E-state index >= 15 is 0 Å². The van der Waals surface area contributed by atoms with Crippen LogP contribution in [0.3, 0.4) is 0 Å². The summed E-state index contributed by atoms with van der Waals surface area (Å²) in [5.41, 5.74) is 0. The van der Waals surface area contributed by atoms with Gasteiger partial charge in [0.05, 0.1) is 25.4 Å². The van der Waals surface area contributed by atoms with E-state index in [4.69, 9.17) is 4.74 Å². The van der Waals surface area contributed by atoms with Gasteiger partial charge in [0.25, 0.3) is 0 Å². The van der Waals surface area contributed by atoms with Crippen molar-refractivity contribution in [3.05, 3.63) is 24.3 Å². The van der Waals surface area contributed by atoms with Crippen LogP contribution in [0.5, 0.6) is 0 Å². The molecule has 1 amide bonds. The highest BCUT2D eigenvalue weighted by Gasteiger charge is 2.20. The number of aliphatic hydroxyl groups is 2. The molecule has 0 aromatic heterocycles. The molecule has 2 unspecified atom stereocenters. The van der Waals surface area contributed by atoms with Gasteiger partial charge < -0.3 is 20.3 Å². The van der Waals surface area contributed by atoms with E-state index in [1.54, 1.807) is 0 Å². The summed E-state index contributed by atoms with van der Waals surface area (Å²) in [6.07, 6.45) is 79.1. The first-order chi connectivity index (χ1) is 36.5. The Morgan fingerprint density at radius 3 is 1.05 bits per heavy atom. The lowest BCUT2D eigenvalue weighted by molar-refractivity contribution is -0.143. The van der Waals surface area contributed by atoms with Crippen LogP contribution in [0.25, 0.3) is 0 Å². The van der Waals surface area contributed by atoms with Gasteiger partial charge in [-0.1, -0.05) is 327 Å². The first-order valence-corrected chi connectivity index (χ1v) is 33.6. The van der Waals surface area contributed by atoms with Gasteiger partial charge in [0, 0.05) is 12.8 Å². The topological polar surface area (TPSA) is 95.9 Å². The standard InChI is InChI=1S/C68H131NO5/c1-3-5-7-9-11-13-15-17-19-20-21-22-23-24-25-26-27-29-33-36-40-44-48-52-56-60-66(71)65(64-70)69-67(72)61-57-53-49-45-41-37-34-30-28-31-35-39-43-47-51-55-59-63-74-68(73)62-58-54-50-46-42-38-32-18-16-14-12-10-8-6-4-2/h12,14,18,32,65-66,70-71H,3-11,13,15-17,19-31,33-64H2,1-2H3,(H,69,72)/b14-12-,32-18-. The van der Waals surface area contributed by atoms with Crippen molar-refractivity contribution in [3.8, 4) is 0 Å². The molecule has 0 rings (SSSR count). The second-order valence-electron chi connectivity index (χ2n) is 23.2. The van der Waals surface area contributed by atoms with Gasteiger partial charge in [-0.05, 0) is 57.8 Å². The summed E-state index contributed by atoms with van der Waals surface area (Å²) >= 11 is 0. The predicted octanol–water partition coefficient (Wildman–Crippen LogP) is 21.4. The SMILES string of the molecule is CCCCC/C=C\C/C=C\CCCCCCCC(=O)OCCCCCCCCCCCCCCCCCCCC(=O)NC(CO)C(O)CCCCCCCCCCCCCCCCCCCCCCCCCCC. The Balaban J connectivity index is 3.41. The molecular formula is C68H131NO5. The number of nitrogens with one attached hydrogen (secondary N) is 1. The van der Waals surface area contributed by atoms with Crippen LogP contribution in [0.1, 0.15) is 373 Å². The number of unbranched alkanes of at least 4 members (excludes halogenated alkanes) is 48. The molecule has 0 aliphatic carbocycles. The fourth-order valence-electron chi connectivity index (χ4n) is 10.6. The fraction of sp³-hybridized carbons (Fsp3) is 0.912. The zero-order valence-electron chi connectivity index (χ0n) is 50.1. The quantitative estimate of drug-likeness (QED) is 0.0320. The van der Waals surface area contributed by atoms with Gasteiger partial charge in [-0.15, -0.1) is 0 Å². The molecule has 0 fully saturated rings. The van der Waals surface area contributed by atoms with Gasteiger partial charge in [0.15, 0.2) is 0 Å². The highest BCUT2D eigenvalue weighted by atomic mass is 16.5. The molecule has 3 N–H and O–H groups in total. The molecule has 438 valence electrons. The minimum Gasteiger partial charge on any atom is -0.466 e. The molecule has 6 heteroatoms. The maximum atomic E-state index is 12.5. The van der Waals surface area contributed by atoms with Crippen molar-refractivity contribution in [1.82, 2.24) is 5.32 Å². The van der Waals surface area contributed by atoms with Gasteiger partial charge in [0.2, 0.25) is 5.91 Å². The van der Waals surface area contributed by atoms with Gasteiger partial charge in [-0.2, -0.15) is 0 Å². The lowest BCUT2D eigenvalue weighted by atomic mass is 10.0. The molecule has 0 aliphatic heterocycles. The Labute approximate surface area is 462 Å². The van der Waals surface area contributed by atoms with Gasteiger partial charge >= 0.3 is 5.97 Å². The number of aliphatic hydroxyl groups excluding tert-OH is 2. The molecule has 74 heavy (non-hydrogen) atoms. The first-order valence-electron chi connectivity index (χ1n) is 33.6. The molecule has 0 saturated heterocycles. The zero-order chi connectivity index (χ0) is 53.6. The van der Waals surface area contributed by atoms with Crippen molar-refractivity contribution in [2.45, 2.75) is 386 Å². The largest absolute Gasteiger partial charge is 0.466 e. The minimum absolute atomic E-state index is 0.00752. The summed E-state index contributed by atoms with van der Waals surface area (Å²) in [7, 11) is 0. The van der Waals surface area contributed by atoms with Gasteiger partial charge in [-0.25, -0.2) is 0 Å². The number of esters is 1. The van der Waals surface area contributed by atoms with Crippen molar-refractivity contribution >= 4 is 11.9 Å². The van der Waals surface area contributed by atoms with E-state index in [1.807, 2.05) is 0 Å². The first kappa shape index (κ1) is 72.3. The van der Waals surface area contributed by atoms with Gasteiger partial charge in [-0.3, -0.25) is 9.59 Å². The molecule has 0 aliphatic rings. The van der Waals surface area contributed by atoms with E-state index in [9.17, 15) is 19.8 Å². The van der Waals surface area contributed by atoms with Gasteiger partial charge in [0.1, 0.15) is 0 Å². The normalized spacial score (nSPS) is 12.6. The Hall–Kier alpha value is -1.66. The molecule has 6 nitrogen and oxygen atoms in total. The maximum Gasteiger partial charge on any atom is 0.305 e. The number of carbonyl (C=O) groups excluding carboxylic acids is 2. The second kappa shape index (κ2) is 63.9. The Morgan fingerprint density at radius 1 is 0.378 bits per heavy atom. The Kier molecular flexibility index (Phi) is 62.4. The van der Waals surface area contributed by atoms with Crippen LogP contribution >= 0.6 is 0 Å². The van der Waals surface area contributed by atoms with Crippen LogP contribution in [-0.2, 0) is 14.3 Å². The summed E-state index contributed by atoms with van der Waals surface area (Å²) in [5, 5.41) is 23.4. The molecule has 0 spiro atoms. The van der Waals surface area contributed by atoms with Crippen molar-refractivity contribution in [2.24, 2.45) is 0 Å². The monoisotopic (exact) mass is 1040 g/mol. The van der Waals surface area contributed by atoms with Crippen LogP contribution in [0.15, 0.2) is 24.3 Å². The van der Waals surface area contributed by atoms with Crippen molar-refractivity contribution in [3.63, 3.8) is 0 Å². The Morgan fingerprint density at radius 2 is 0.676 bits per heavy atom. The minimum atomic E-state index is -0.670. The van der Waals surface area contributed by atoms with Crippen molar-refractivity contribution in [1.29, 1.82) is 0 Å². The average molecular weight is 1040 g/mol. The summed E-state index contributed by atoms with van der Waals surface area (Å²) in [6, 6.07) is -0.547. The average Bonchev–Trinajstić information content (AvgIpc) is 3.40. The highest BCUT2D eigenvalue weighted by Crippen LogP contribution is 2.19. The molecule has 0 radical (unpaired) electrons. The van der Waals surface area contributed by atoms with Crippen LogP contribution in [0, 0.1) is 0 Å². The van der Waals surface area contributed by atoms with E-state index in [0.717, 1.165) is 51.4 Å². The second-order valence-corrected chi connectivity index (χ2v) is 23.2. The molecule has 0 aromatic carbocycles. The lowest BCUT2D eigenvalue weighted by Gasteiger charge is -2.22. The van der Waals surface area contributed by atoms with E-state index in [0.29, 0.717) is 25.9 Å². The smallest absolute Gasteiger partial charge is 0.305 e. The van der Waals surface area contributed by atoms with E-state index in [2.05, 4.69) is 43.5 Å². The molecule has 0 bridgehead atoms. The highest BCUT2D eigenvalue weighted by molar-refractivity contribution is 5.76. The molecule has 0 saturated carbocycles. The number of allylic oxidation sites excluding steroid dienone is 4. The van der Waals surface area contributed by atoms with Crippen LogP contribution in [0.2, 0.25) is 0 Å². The summed E-state index contributed by atoms with van der Waals surface area (Å²) in [4.78, 5) is 24.6. The lowest BCUT2D eigenvalue weighted by Crippen LogP contribution is -2.45. The third-order valence-corrected chi connectivity index (χ3v) is 15.8. The molecule has 0 heterocycles. The van der Waals surface area contributed by atoms with E-state index in [-0.39, 0.29) is 18.5 Å². The summed E-state index contributed by atoms with van der Waals surface area (Å²) in [5.74, 6) is -0.0438. The number of amides is 1. The van der Waals surface area contributed by atoms with Crippen molar-refractivity contribution in [2.75, 3.05) is 13.2 Å². The van der Waals surface area contributed by atoms with E-state index in [1.165, 1.54) is 289 Å². The number of hydrogen-bond donors (Lipinski definition) is 3. The zero-order valence-corrected chi connectivity index (χ0v) is 50.1. The Bertz CT molecular complexity index is 1150. The van der Waals surface area contributed by atoms with Crippen molar-refractivity contribution < 1.29 is 24.5 Å².